The Morgan fingerprint density at radius 3 is 2.54 bits per heavy atom. The second kappa shape index (κ2) is 12.4. The molecule has 7 nitrogen and oxygen atoms in total. The van der Waals surface area contributed by atoms with Crippen LogP contribution in [-0.4, -0.2) is 47.4 Å². The molecule has 1 aliphatic rings. The van der Waals surface area contributed by atoms with Gasteiger partial charge in [-0.15, -0.1) is 11.3 Å². The highest BCUT2D eigenvalue weighted by Gasteiger charge is 2.31. The summed E-state index contributed by atoms with van der Waals surface area (Å²) in [5, 5.41) is 5.24. The molecule has 0 aliphatic carbocycles. The molecule has 1 fully saturated rings. The normalized spacial score (nSPS) is 14.2. The van der Waals surface area contributed by atoms with Crippen molar-refractivity contribution < 1.29 is 32.3 Å². The second-order valence-electron chi connectivity index (χ2n) is 9.11. The maximum Gasteiger partial charge on any atom is 0.416 e. The number of alkyl halides is 3. The quantitative estimate of drug-likeness (QED) is 0.336. The number of hydrogen-bond donors (Lipinski definition) is 1. The molecule has 1 aromatic heterocycles. The van der Waals surface area contributed by atoms with E-state index in [9.17, 15) is 27.6 Å². The standard InChI is InChI=1S/C28H28F3N3O4S/c1-2-38-25(36)11-10-24(35)34-14-12-18(13-15-34)27-33-23(17-39-27)26(37)32-22-9-4-3-8-21(22)19-6-5-7-20(16-19)28(29,30)31/h3-9,16-18H,2,10-15H2,1H3,(H,32,37). The number of thiazole rings is 1. The molecular weight excluding hydrogens is 531 g/mol. The van der Waals surface area contributed by atoms with Gasteiger partial charge in [-0.1, -0.05) is 30.3 Å². The Hall–Kier alpha value is -3.73. The Bertz CT molecular complexity index is 1330. The number of likely N-dealkylation sites (tertiary alicyclic amines) is 1. The number of carbonyl (C=O) groups is 3. The minimum Gasteiger partial charge on any atom is -0.466 e. The highest BCUT2D eigenvalue weighted by Crippen LogP contribution is 2.35. The Kier molecular flexibility index (Phi) is 9.01. The van der Waals surface area contributed by atoms with Gasteiger partial charge in [-0.3, -0.25) is 14.4 Å². The first-order valence-electron chi connectivity index (χ1n) is 12.6. The first-order chi connectivity index (χ1) is 18.7. The number of ether oxygens (including phenoxy) is 1. The van der Waals surface area contributed by atoms with Crippen molar-refractivity contribution in [3.05, 3.63) is 70.2 Å². The lowest BCUT2D eigenvalue weighted by molar-refractivity contribution is -0.145. The van der Waals surface area contributed by atoms with Crippen molar-refractivity contribution in [2.75, 3.05) is 25.0 Å². The molecule has 1 N–H and O–H groups in total. The summed E-state index contributed by atoms with van der Waals surface area (Å²) in [6.07, 6.45) is -2.91. The van der Waals surface area contributed by atoms with E-state index in [1.165, 1.54) is 17.4 Å². The molecule has 0 saturated carbocycles. The first-order valence-corrected chi connectivity index (χ1v) is 13.5. The van der Waals surface area contributed by atoms with Gasteiger partial charge in [0, 0.05) is 42.1 Å². The molecule has 11 heteroatoms. The van der Waals surface area contributed by atoms with Crippen molar-refractivity contribution in [1.29, 1.82) is 0 Å². The zero-order valence-electron chi connectivity index (χ0n) is 21.3. The Labute approximate surface area is 228 Å². The molecule has 0 spiro atoms. The van der Waals surface area contributed by atoms with Crippen molar-refractivity contribution in [3.63, 3.8) is 0 Å². The number of nitrogens with one attached hydrogen (secondary N) is 1. The van der Waals surface area contributed by atoms with Crippen LogP contribution >= 0.6 is 11.3 Å². The fraction of sp³-hybridized carbons (Fsp3) is 0.357. The van der Waals surface area contributed by atoms with Crippen LogP contribution < -0.4 is 5.32 Å². The lowest BCUT2D eigenvalue weighted by atomic mass is 9.97. The van der Waals surface area contributed by atoms with Gasteiger partial charge >= 0.3 is 12.1 Å². The molecule has 1 aliphatic heterocycles. The number of halogens is 3. The third kappa shape index (κ3) is 7.23. The van der Waals surface area contributed by atoms with E-state index in [1.807, 2.05) is 0 Å². The monoisotopic (exact) mass is 559 g/mol. The maximum atomic E-state index is 13.2. The highest BCUT2D eigenvalue weighted by atomic mass is 32.1. The van der Waals surface area contributed by atoms with E-state index in [-0.39, 0.29) is 42.9 Å². The van der Waals surface area contributed by atoms with Crippen LogP contribution in [0, 0.1) is 0 Å². The molecule has 2 aromatic carbocycles. The largest absolute Gasteiger partial charge is 0.466 e. The predicted molar refractivity (Wildman–Crippen MR) is 141 cm³/mol. The zero-order valence-corrected chi connectivity index (χ0v) is 22.1. The van der Waals surface area contributed by atoms with Gasteiger partial charge in [0.1, 0.15) is 5.69 Å². The van der Waals surface area contributed by atoms with Gasteiger partial charge in [0.25, 0.3) is 5.91 Å². The molecule has 2 heterocycles. The predicted octanol–water partition coefficient (Wildman–Crippen LogP) is 6.13. The van der Waals surface area contributed by atoms with Crippen LogP contribution in [0.15, 0.2) is 53.9 Å². The third-order valence-electron chi connectivity index (χ3n) is 6.48. The van der Waals surface area contributed by atoms with Crippen LogP contribution in [0.3, 0.4) is 0 Å². The first kappa shape index (κ1) is 28.3. The van der Waals surface area contributed by atoms with E-state index in [0.29, 0.717) is 42.7 Å². The average Bonchev–Trinajstić information content (AvgIpc) is 3.43. The van der Waals surface area contributed by atoms with Crippen LogP contribution in [0.1, 0.15) is 59.6 Å². The SMILES string of the molecule is CCOC(=O)CCC(=O)N1CCC(c2nc(C(=O)Nc3ccccc3-c3cccc(C(F)(F)F)c3)cs2)CC1. The number of amides is 2. The average molecular weight is 560 g/mol. The van der Waals surface area contributed by atoms with Crippen LogP contribution in [0.4, 0.5) is 18.9 Å². The summed E-state index contributed by atoms with van der Waals surface area (Å²) in [6.45, 7) is 3.09. The number of hydrogen-bond acceptors (Lipinski definition) is 6. The number of nitrogens with zero attached hydrogens (tertiary/aromatic N) is 2. The summed E-state index contributed by atoms with van der Waals surface area (Å²) in [7, 11) is 0. The van der Waals surface area contributed by atoms with Gasteiger partial charge < -0.3 is 15.0 Å². The van der Waals surface area contributed by atoms with Crippen molar-refractivity contribution in [2.24, 2.45) is 0 Å². The van der Waals surface area contributed by atoms with Crippen LogP contribution in [-0.2, 0) is 20.5 Å². The number of rotatable bonds is 8. The molecule has 1 saturated heterocycles. The lowest BCUT2D eigenvalue weighted by Gasteiger charge is -2.31. The third-order valence-corrected chi connectivity index (χ3v) is 7.48. The smallest absolute Gasteiger partial charge is 0.416 e. The van der Waals surface area contributed by atoms with Crippen molar-refractivity contribution in [1.82, 2.24) is 9.88 Å². The van der Waals surface area contributed by atoms with Crippen LogP contribution in [0.5, 0.6) is 0 Å². The molecule has 0 radical (unpaired) electrons. The Balaban J connectivity index is 1.37. The Morgan fingerprint density at radius 1 is 1.08 bits per heavy atom. The van der Waals surface area contributed by atoms with E-state index in [2.05, 4.69) is 10.3 Å². The molecule has 0 atom stereocenters. The van der Waals surface area contributed by atoms with E-state index in [0.717, 1.165) is 17.1 Å². The summed E-state index contributed by atoms with van der Waals surface area (Å²) >= 11 is 1.37. The van der Waals surface area contributed by atoms with Gasteiger partial charge in [0.05, 0.1) is 23.6 Å². The molecule has 206 valence electrons. The summed E-state index contributed by atoms with van der Waals surface area (Å²) in [4.78, 5) is 43.2. The maximum absolute atomic E-state index is 13.2. The zero-order chi connectivity index (χ0) is 28.0. The summed E-state index contributed by atoms with van der Waals surface area (Å²) < 4.78 is 44.5. The Morgan fingerprint density at radius 2 is 1.82 bits per heavy atom. The molecular formula is C28H28F3N3O4S. The number of esters is 1. The summed E-state index contributed by atoms with van der Waals surface area (Å²) in [5.74, 6) is -0.821. The number of piperidine rings is 1. The molecule has 3 aromatic rings. The molecule has 39 heavy (non-hydrogen) atoms. The second-order valence-corrected chi connectivity index (χ2v) is 10.00. The van der Waals surface area contributed by atoms with Crippen molar-refractivity contribution in [3.8, 4) is 11.1 Å². The molecule has 4 rings (SSSR count). The van der Waals surface area contributed by atoms with Crippen LogP contribution in [0.2, 0.25) is 0 Å². The number of anilines is 1. The summed E-state index contributed by atoms with van der Waals surface area (Å²) in [5.41, 5.74) is 0.639. The van der Waals surface area contributed by atoms with Gasteiger partial charge in [0.15, 0.2) is 0 Å². The number of carbonyl (C=O) groups excluding carboxylic acids is 3. The van der Waals surface area contributed by atoms with E-state index in [4.69, 9.17) is 4.74 Å². The van der Waals surface area contributed by atoms with Gasteiger partial charge in [0.2, 0.25) is 5.91 Å². The van der Waals surface area contributed by atoms with Gasteiger partial charge in [-0.05, 0) is 43.5 Å². The fourth-order valence-corrected chi connectivity index (χ4v) is 5.42. The van der Waals surface area contributed by atoms with E-state index >= 15 is 0 Å². The van der Waals surface area contributed by atoms with E-state index in [1.54, 1.807) is 47.5 Å². The minimum atomic E-state index is -4.47. The molecule has 0 unspecified atom stereocenters. The van der Waals surface area contributed by atoms with Gasteiger partial charge in [-0.25, -0.2) is 4.98 Å². The van der Waals surface area contributed by atoms with Crippen LogP contribution in [0.25, 0.3) is 11.1 Å². The fourth-order valence-electron chi connectivity index (χ4n) is 4.45. The lowest BCUT2D eigenvalue weighted by Crippen LogP contribution is -2.38. The number of para-hydroxylation sites is 1. The number of benzene rings is 2. The van der Waals surface area contributed by atoms with Gasteiger partial charge in [-0.2, -0.15) is 13.2 Å². The topological polar surface area (TPSA) is 88.6 Å². The van der Waals surface area contributed by atoms with Crippen molar-refractivity contribution >= 4 is 34.8 Å². The van der Waals surface area contributed by atoms with E-state index < -0.39 is 17.6 Å². The minimum absolute atomic E-state index is 0.0639. The molecule has 0 bridgehead atoms. The van der Waals surface area contributed by atoms with Crippen molar-refractivity contribution in [2.45, 2.75) is 44.7 Å². The molecule has 2 amide bonds. The number of aromatic nitrogens is 1. The highest BCUT2D eigenvalue weighted by molar-refractivity contribution is 7.10. The summed E-state index contributed by atoms with van der Waals surface area (Å²) in [6, 6.07) is 11.6.